The van der Waals surface area contributed by atoms with Crippen LogP contribution in [-0.4, -0.2) is 68.1 Å². The Morgan fingerprint density at radius 2 is 2.17 bits per heavy atom. The Morgan fingerprint density at radius 3 is 2.87 bits per heavy atom. The molecule has 1 aromatic heterocycles. The number of amides is 1. The number of piperazine rings is 1. The lowest BCUT2D eigenvalue weighted by Crippen LogP contribution is -2.50. The molecule has 0 spiro atoms. The Balaban J connectivity index is 1.36. The molecular formula is C17H27N5O. The lowest BCUT2D eigenvalue weighted by Gasteiger charge is -2.35. The van der Waals surface area contributed by atoms with E-state index in [4.69, 9.17) is 0 Å². The molecule has 3 rings (SSSR count). The monoisotopic (exact) mass is 317 g/mol. The zero-order valence-electron chi connectivity index (χ0n) is 13.7. The first-order valence-electron chi connectivity index (χ1n) is 8.67. The molecule has 2 fully saturated rings. The summed E-state index contributed by atoms with van der Waals surface area (Å²) in [5.41, 5.74) is 0. The quantitative estimate of drug-likeness (QED) is 0.819. The zero-order valence-corrected chi connectivity index (χ0v) is 13.7. The SMILES string of the molecule is O=C(CN1CCN(c2ccccn2)CC1)NCC1CCCNC1. The molecule has 1 aromatic rings. The number of carbonyl (C=O) groups is 1. The number of carbonyl (C=O) groups excluding carboxylic acids is 1. The van der Waals surface area contributed by atoms with Crippen molar-refractivity contribution < 1.29 is 4.79 Å². The van der Waals surface area contributed by atoms with E-state index in [-0.39, 0.29) is 5.91 Å². The molecule has 6 nitrogen and oxygen atoms in total. The number of hydrogen-bond acceptors (Lipinski definition) is 5. The van der Waals surface area contributed by atoms with Gasteiger partial charge in [0.25, 0.3) is 0 Å². The molecule has 1 amide bonds. The van der Waals surface area contributed by atoms with E-state index in [0.717, 1.165) is 51.6 Å². The van der Waals surface area contributed by atoms with Crippen molar-refractivity contribution in [3.63, 3.8) is 0 Å². The average molecular weight is 317 g/mol. The molecule has 2 aliphatic rings. The molecule has 3 heterocycles. The zero-order chi connectivity index (χ0) is 15.9. The van der Waals surface area contributed by atoms with Crippen LogP contribution in [-0.2, 0) is 4.79 Å². The van der Waals surface area contributed by atoms with Crippen molar-refractivity contribution in [1.29, 1.82) is 0 Å². The highest BCUT2D eigenvalue weighted by atomic mass is 16.2. The minimum atomic E-state index is 0.154. The van der Waals surface area contributed by atoms with Crippen LogP contribution in [0.4, 0.5) is 5.82 Å². The van der Waals surface area contributed by atoms with Gasteiger partial charge in [-0.1, -0.05) is 6.07 Å². The van der Waals surface area contributed by atoms with Crippen LogP contribution >= 0.6 is 0 Å². The van der Waals surface area contributed by atoms with Crippen LogP contribution in [0.15, 0.2) is 24.4 Å². The van der Waals surface area contributed by atoms with E-state index >= 15 is 0 Å². The van der Waals surface area contributed by atoms with Gasteiger partial charge in [-0.05, 0) is 44.0 Å². The van der Waals surface area contributed by atoms with Gasteiger partial charge in [0.1, 0.15) is 5.82 Å². The van der Waals surface area contributed by atoms with Crippen molar-refractivity contribution in [3.05, 3.63) is 24.4 Å². The fraction of sp³-hybridized carbons (Fsp3) is 0.647. The first-order valence-corrected chi connectivity index (χ1v) is 8.67. The molecule has 0 saturated carbocycles. The summed E-state index contributed by atoms with van der Waals surface area (Å²) >= 11 is 0. The summed E-state index contributed by atoms with van der Waals surface area (Å²) in [4.78, 5) is 21.0. The minimum Gasteiger partial charge on any atom is -0.355 e. The molecule has 0 bridgehead atoms. The van der Waals surface area contributed by atoms with E-state index < -0.39 is 0 Å². The third kappa shape index (κ3) is 4.91. The fourth-order valence-corrected chi connectivity index (χ4v) is 3.29. The minimum absolute atomic E-state index is 0.154. The second-order valence-corrected chi connectivity index (χ2v) is 6.47. The molecular weight excluding hydrogens is 290 g/mol. The number of anilines is 1. The second-order valence-electron chi connectivity index (χ2n) is 6.47. The molecule has 2 saturated heterocycles. The third-order valence-corrected chi connectivity index (χ3v) is 4.70. The molecule has 2 aliphatic heterocycles. The summed E-state index contributed by atoms with van der Waals surface area (Å²) in [7, 11) is 0. The lowest BCUT2D eigenvalue weighted by molar-refractivity contribution is -0.122. The third-order valence-electron chi connectivity index (χ3n) is 4.70. The Morgan fingerprint density at radius 1 is 1.30 bits per heavy atom. The number of nitrogens with one attached hydrogen (secondary N) is 2. The van der Waals surface area contributed by atoms with Gasteiger partial charge >= 0.3 is 0 Å². The van der Waals surface area contributed by atoms with E-state index in [1.165, 1.54) is 12.8 Å². The number of hydrogen-bond donors (Lipinski definition) is 2. The van der Waals surface area contributed by atoms with Crippen molar-refractivity contribution in [2.45, 2.75) is 12.8 Å². The van der Waals surface area contributed by atoms with Crippen LogP contribution in [0.3, 0.4) is 0 Å². The first kappa shape index (κ1) is 16.2. The molecule has 0 aliphatic carbocycles. The van der Waals surface area contributed by atoms with Crippen LogP contribution in [0.2, 0.25) is 0 Å². The molecule has 0 aromatic carbocycles. The van der Waals surface area contributed by atoms with E-state index in [1.54, 1.807) is 0 Å². The maximum absolute atomic E-state index is 12.1. The van der Waals surface area contributed by atoms with Gasteiger partial charge in [-0.3, -0.25) is 9.69 Å². The Kier molecular flexibility index (Phi) is 5.82. The standard InChI is InChI=1S/C17H27N5O/c23-17(20-13-15-4-3-6-18-12-15)14-21-8-10-22(11-9-21)16-5-1-2-7-19-16/h1-2,5,7,15,18H,3-4,6,8-14H2,(H,20,23). The van der Waals surface area contributed by atoms with Crippen LogP contribution in [0, 0.1) is 5.92 Å². The largest absolute Gasteiger partial charge is 0.355 e. The number of aromatic nitrogens is 1. The first-order chi connectivity index (χ1) is 11.3. The number of pyridine rings is 1. The van der Waals surface area contributed by atoms with Crippen LogP contribution in [0.1, 0.15) is 12.8 Å². The van der Waals surface area contributed by atoms with Crippen LogP contribution in [0.5, 0.6) is 0 Å². The summed E-state index contributed by atoms with van der Waals surface area (Å²) in [6, 6.07) is 5.99. The smallest absolute Gasteiger partial charge is 0.234 e. The van der Waals surface area contributed by atoms with Crippen molar-refractivity contribution in [2.24, 2.45) is 5.92 Å². The highest BCUT2D eigenvalue weighted by Crippen LogP contribution is 2.12. The van der Waals surface area contributed by atoms with Gasteiger partial charge in [0.15, 0.2) is 0 Å². The van der Waals surface area contributed by atoms with Gasteiger partial charge < -0.3 is 15.5 Å². The summed E-state index contributed by atoms with van der Waals surface area (Å²) in [6.07, 6.45) is 4.27. The van der Waals surface area contributed by atoms with E-state index in [1.807, 2.05) is 24.4 Å². The van der Waals surface area contributed by atoms with Gasteiger partial charge in [0.05, 0.1) is 6.54 Å². The molecule has 1 unspecified atom stereocenters. The Labute approximate surface area is 138 Å². The predicted octanol–water partition coefficient (Wildman–Crippen LogP) is 0.319. The molecule has 23 heavy (non-hydrogen) atoms. The van der Waals surface area contributed by atoms with Crippen LogP contribution in [0.25, 0.3) is 0 Å². The summed E-state index contributed by atoms with van der Waals surface area (Å²) < 4.78 is 0. The number of rotatable bonds is 5. The van der Waals surface area contributed by atoms with Gasteiger partial charge in [0.2, 0.25) is 5.91 Å². The maximum Gasteiger partial charge on any atom is 0.234 e. The second kappa shape index (κ2) is 8.26. The van der Waals surface area contributed by atoms with E-state index in [9.17, 15) is 4.79 Å². The maximum atomic E-state index is 12.1. The van der Waals surface area contributed by atoms with Crippen molar-refractivity contribution in [1.82, 2.24) is 20.5 Å². The normalized spacial score (nSPS) is 22.8. The van der Waals surface area contributed by atoms with Gasteiger partial charge in [-0.15, -0.1) is 0 Å². The topological polar surface area (TPSA) is 60.5 Å². The van der Waals surface area contributed by atoms with Crippen molar-refractivity contribution in [3.8, 4) is 0 Å². The molecule has 126 valence electrons. The summed E-state index contributed by atoms with van der Waals surface area (Å²) in [5.74, 6) is 1.77. The highest BCUT2D eigenvalue weighted by Gasteiger charge is 2.20. The van der Waals surface area contributed by atoms with Crippen molar-refractivity contribution in [2.75, 3.05) is 57.3 Å². The average Bonchev–Trinajstić information content (AvgIpc) is 2.62. The predicted molar refractivity (Wildman–Crippen MR) is 91.5 cm³/mol. The fourth-order valence-electron chi connectivity index (χ4n) is 3.29. The van der Waals surface area contributed by atoms with E-state index in [0.29, 0.717) is 12.5 Å². The van der Waals surface area contributed by atoms with Gasteiger partial charge in [-0.25, -0.2) is 4.98 Å². The number of nitrogens with zero attached hydrogens (tertiary/aromatic N) is 3. The summed E-state index contributed by atoms with van der Waals surface area (Å²) in [6.45, 7) is 7.14. The van der Waals surface area contributed by atoms with Crippen molar-refractivity contribution >= 4 is 11.7 Å². The molecule has 2 N–H and O–H groups in total. The molecule has 6 heteroatoms. The van der Waals surface area contributed by atoms with Gasteiger partial charge in [0, 0.05) is 38.9 Å². The van der Waals surface area contributed by atoms with Gasteiger partial charge in [-0.2, -0.15) is 0 Å². The Hall–Kier alpha value is -1.66. The van der Waals surface area contributed by atoms with E-state index in [2.05, 4.69) is 25.4 Å². The van der Waals surface area contributed by atoms with Crippen LogP contribution < -0.4 is 15.5 Å². The lowest BCUT2D eigenvalue weighted by atomic mass is 10.00. The Bertz CT molecular complexity index is 481. The summed E-state index contributed by atoms with van der Waals surface area (Å²) in [5, 5.41) is 6.48. The highest BCUT2D eigenvalue weighted by molar-refractivity contribution is 5.78. The molecule has 1 atom stereocenters. The molecule has 0 radical (unpaired) electrons. The number of piperidine rings is 1.